The predicted molar refractivity (Wildman–Crippen MR) is 70.1 cm³/mol. The van der Waals surface area contributed by atoms with Crippen LogP contribution in [0.1, 0.15) is 26.3 Å². The van der Waals surface area contributed by atoms with Gasteiger partial charge in [-0.3, -0.25) is 0 Å². The van der Waals surface area contributed by atoms with Gasteiger partial charge in [-0.05, 0) is 37.5 Å². The number of hydrogen-bond acceptors (Lipinski definition) is 3. The highest BCUT2D eigenvalue weighted by molar-refractivity contribution is 5.79. The Morgan fingerprint density at radius 2 is 2.12 bits per heavy atom. The molecule has 3 nitrogen and oxygen atoms in total. The first kappa shape index (κ1) is 13.6. The van der Waals surface area contributed by atoms with E-state index in [1.54, 1.807) is 0 Å². The molecule has 0 heterocycles. The van der Waals surface area contributed by atoms with Crippen molar-refractivity contribution in [1.82, 2.24) is 0 Å². The summed E-state index contributed by atoms with van der Waals surface area (Å²) in [4.78, 5) is 11.8. The smallest absolute Gasteiger partial charge is 0.328 e. The van der Waals surface area contributed by atoms with Gasteiger partial charge in [0.2, 0.25) is 0 Å². The lowest BCUT2D eigenvalue weighted by Gasteiger charge is -2.21. The lowest BCUT2D eigenvalue weighted by molar-refractivity contribution is -0.145. The predicted octanol–water partition coefficient (Wildman–Crippen LogP) is 2.99. The standard InChI is InChI=1S/C14H21NO2/c1-5-17-14(16)13(10(2)3)15-12-8-6-7-11(4)9-12/h6-10,13,15H,5H2,1-4H3/t13-/m0/s1. The van der Waals surface area contributed by atoms with Gasteiger partial charge in [0, 0.05) is 5.69 Å². The molecule has 1 aromatic carbocycles. The Hall–Kier alpha value is -1.51. The van der Waals surface area contributed by atoms with Crippen molar-refractivity contribution >= 4 is 11.7 Å². The Morgan fingerprint density at radius 3 is 2.65 bits per heavy atom. The first-order valence-corrected chi connectivity index (χ1v) is 6.04. The molecule has 1 atom stereocenters. The van der Waals surface area contributed by atoms with Gasteiger partial charge in [-0.25, -0.2) is 4.79 Å². The third-order valence-electron chi connectivity index (χ3n) is 2.55. The summed E-state index contributed by atoms with van der Waals surface area (Å²) in [5.74, 6) is -0.00133. The molecular weight excluding hydrogens is 214 g/mol. The fourth-order valence-corrected chi connectivity index (χ4v) is 1.64. The zero-order valence-corrected chi connectivity index (χ0v) is 11.0. The number of esters is 1. The maximum atomic E-state index is 11.8. The number of aryl methyl sites for hydroxylation is 1. The van der Waals surface area contributed by atoms with E-state index in [2.05, 4.69) is 5.32 Å². The van der Waals surface area contributed by atoms with Gasteiger partial charge >= 0.3 is 5.97 Å². The lowest BCUT2D eigenvalue weighted by Crippen LogP contribution is -2.36. The molecule has 17 heavy (non-hydrogen) atoms. The lowest BCUT2D eigenvalue weighted by atomic mass is 10.0. The van der Waals surface area contributed by atoms with Gasteiger partial charge in [0.1, 0.15) is 6.04 Å². The van der Waals surface area contributed by atoms with Gasteiger partial charge < -0.3 is 10.1 Å². The Bertz CT molecular complexity index is 374. The molecule has 0 saturated carbocycles. The zero-order chi connectivity index (χ0) is 12.8. The van der Waals surface area contributed by atoms with Crippen LogP contribution in [0.15, 0.2) is 24.3 Å². The van der Waals surface area contributed by atoms with Crippen LogP contribution in [0.5, 0.6) is 0 Å². The third kappa shape index (κ3) is 4.10. The molecule has 0 unspecified atom stereocenters. The van der Waals surface area contributed by atoms with Crippen LogP contribution in [-0.2, 0) is 9.53 Å². The Morgan fingerprint density at radius 1 is 1.41 bits per heavy atom. The van der Waals surface area contributed by atoms with E-state index in [0.29, 0.717) is 6.61 Å². The minimum Gasteiger partial charge on any atom is -0.464 e. The van der Waals surface area contributed by atoms with E-state index in [9.17, 15) is 4.79 Å². The number of carbonyl (C=O) groups is 1. The van der Waals surface area contributed by atoms with E-state index >= 15 is 0 Å². The molecule has 0 saturated heterocycles. The third-order valence-corrected chi connectivity index (χ3v) is 2.55. The van der Waals surface area contributed by atoms with Crippen molar-refractivity contribution in [3.63, 3.8) is 0 Å². The Labute approximate surface area is 103 Å². The molecule has 0 aliphatic carbocycles. The first-order valence-electron chi connectivity index (χ1n) is 6.04. The largest absolute Gasteiger partial charge is 0.464 e. The van der Waals surface area contributed by atoms with Crippen LogP contribution in [0.2, 0.25) is 0 Å². The molecule has 0 aliphatic heterocycles. The van der Waals surface area contributed by atoms with Gasteiger partial charge in [-0.1, -0.05) is 26.0 Å². The van der Waals surface area contributed by atoms with Gasteiger partial charge in [-0.15, -0.1) is 0 Å². The van der Waals surface area contributed by atoms with E-state index in [0.717, 1.165) is 5.69 Å². The number of ether oxygens (including phenoxy) is 1. The van der Waals surface area contributed by atoms with Gasteiger partial charge in [-0.2, -0.15) is 0 Å². The van der Waals surface area contributed by atoms with Crippen molar-refractivity contribution in [2.75, 3.05) is 11.9 Å². The molecule has 94 valence electrons. The summed E-state index contributed by atoms with van der Waals surface area (Å²) >= 11 is 0. The molecule has 0 radical (unpaired) electrons. The summed E-state index contributed by atoms with van der Waals surface area (Å²) in [5, 5.41) is 3.23. The van der Waals surface area contributed by atoms with Gasteiger partial charge in [0.25, 0.3) is 0 Å². The van der Waals surface area contributed by atoms with E-state index in [1.165, 1.54) is 5.56 Å². The molecule has 0 aromatic heterocycles. The summed E-state index contributed by atoms with van der Waals surface area (Å²) in [5.41, 5.74) is 2.12. The summed E-state index contributed by atoms with van der Waals surface area (Å²) in [6.07, 6.45) is 0. The Kier molecular flexibility index (Phi) is 5.01. The molecule has 0 bridgehead atoms. The SMILES string of the molecule is CCOC(=O)[C@@H](Nc1cccc(C)c1)C(C)C. The summed E-state index contributed by atoms with van der Waals surface area (Å²) in [7, 11) is 0. The normalized spacial score (nSPS) is 12.3. The number of benzene rings is 1. The highest BCUT2D eigenvalue weighted by Crippen LogP contribution is 2.15. The van der Waals surface area contributed by atoms with Crippen LogP contribution in [0.25, 0.3) is 0 Å². The van der Waals surface area contributed by atoms with Gasteiger partial charge in [0.15, 0.2) is 0 Å². The quantitative estimate of drug-likeness (QED) is 0.797. The average molecular weight is 235 g/mol. The topological polar surface area (TPSA) is 38.3 Å². The van der Waals surface area contributed by atoms with Crippen LogP contribution < -0.4 is 5.32 Å². The summed E-state index contributed by atoms with van der Waals surface area (Å²) < 4.78 is 5.07. The van der Waals surface area contributed by atoms with Crippen LogP contribution in [0, 0.1) is 12.8 Å². The van der Waals surface area contributed by atoms with Crippen LogP contribution in [-0.4, -0.2) is 18.6 Å². The molecule has 1 rings (SSSR count). The van der Waals surface area contributed by atoms with E-state index in [4.69, 9.17) is 4.74 Å². The fourth-order valence-electron chi connectivity index (χ4n) is 1.64. The van der Waals surface area contributed by atoms with Crippen molar-refractivity contribution in [1.29, 1.82) is 0 Å². The number of rotatable bonds is 5. The molecule has 0 amide bonds. The van der Waals surface area contributed by atoms with Crippen LogP contribution in [0.3, 0.4) is 0 Å². The maximum Gasteiger partial charge on any atom is 0.328 e. The molecule has 0 spiro atoms. The number of anilines is 1. The average Bonchev–Trinajstić information content (AvgIpc) is 2.26. The van der Waals surface area contributed by atoms with Crippen molar-refractivity contribution < 1.29 is 9.53 Å². The number of hydrogen-bond donors (Lipinski definition) is 1. The molecule has 0 fully saturated rings. The first-order chi connectivity index (χ1) is 8.04. The number of carbonyl (C=O) groups excluding carboxylic acids is 1. The van der Waals surface area contributed by atoms with Crippen LogP contribution in [0.4, 0.5) is 5.69 Å². The maximum absolute atomic E-state index is 11.8. The minimum absolute atomic E-state index is 0.189. The van der Waals surface area contributed by atoms with E-state index < -0.39 is 0 Å². The minimum atomic E-state index is -0.295. The molecule has 0 aliphatic rings. The second-order valence-electron chi connectivity index (χ2n) is 4.49. The highest BCUT2D eigenvalue weighted by Gasteiger charge is 2.23. The van der Waals surface area contributed by atoms with Crippen molar-refractivity contribution in [2.45, 2.75) is 33.7 Å². The second-order valence-corrected chi connectivity index (χ2v) is 4.49. The molecule has 3 heteroatoms. The van der Waals surface area contributed by atoms with E-state index in [-0.39, 0.29) is 17.9 Å². The number of nitrogens with one attached hydrogen (secondary N) is 1. The van der Waals surface area contributed by atoms with Gasteiger partial charge in [0.05, 0.1) is 6.61 Å². The monoisotopic (exact) mass is 235 g/mol. The van der Waals surface area contributed by atoms with Crippen molar-refractivity contribution in [2.24, 2.45) is 5.92 Å². The van der Waals surface area contributed by atoms with Crippen molar-refractivity contribution in [3.05, 3.63) is 29.8 Å². The fraction of sp³-hybridized carbons (Fsp3) is 0.500. The summed E-state index contributed by atoms with van der Waals surface area (Å²) in [6, 6.07) is 7.69. The second kappa shape index (κ2) is 6.28. The highest BCUT2D eigenvalue weighted by atomic mass is 16.5. The molecule has 1 aromatic rings. The Balaban J connectivity index is 2.76. The van der Waals surface area contributed by atoms with E-state index in [1.807, 2.05) is 52.0 Å². The summed E-state index contributed by atoms with van der Waals surface area (Å²) in [6.45, 7) is 8.27. The molecule has 1 N–H and O–H groups in total. The van der Waals surface area contributed by atoms with Crippen molar-refractivity contribution in [3.8, 4) is 0 Å². The van der Waals surface area contributed by atoms with Crippen LogP contribution >= 0.6 is 0 Å². The molecular formula is C14H21NO2. The zero-order valence-electron chi connectivity index (χ0n) is 11.0.